The van der Waals surface area contributed by atoms with Crippen molar-refractivity contribution >= 4 is 17.5 Å². The number of rotatable bonds is 7. The van der Waals surface area contributed by atoms with Crippen LogP contribution in [0.2, 0.25) is 0 Å². The monoisotopic (exact) mass is 269 g/mol. The summed E-state index contributed by atoms with van der Waals surface area (Å²) in [6.07, 6.45) is 0.789. The second kappa shape index (κ2) is 8.11. The molecule has 0 radical (unpaired) electrons. The van der Waals surface area contributed by atoms with Gasteiger partial charge in [0, 0.05) is 11.9 Å². The molecule has 0 heterocycles. The van der Waals surface area contributed by atoms with Crippen LogP contribution in [0.1, 0.15) is 19.4 Å². The highest BCUT2D eigenvalue weighted by Gasteiger charge is 2.12. The van der Waals surface area contributed by atoms with E-state index in [1.165, 1.54) is 0 Å². The van der Waals surface area contributed by atoms with Crippen LogP contribution >= 0.6 is 11.6 Å². The fraction of sp³-hybridized carbons (Fsp3) is 0.500. The molecule has 0 spiro atoms. The predicted octanol–water partition coefficient (Wildman–Crippen LogP) is 2.38. The maximum Gasteiger partial charge on any atom is 0.246 e. The summed E-state index contributed by atoms with van der Waals surface area (Å²) in [7, 11) is 0. The highest BCUT2D eigenvalue weighted by Crippen LogP contribution is 2.04. The van der Waals surface area contributed by atoms with Gasteiger partial charge in [0.25, 0.3) is 0 Å². The van der Waals surface area contributed by atoms with E-state index in [9.17, 15) is 4.79 Å². The van der Waals surface area contributed by atoms with Crippen LogP contribution in [0.15, 0.2) is 30.3 Å². The Morgan fingerprint density at radius 3 is 2.56 bits per heavy atom. The summed E-state index contributed by atoms with van der Waals surface area (Å²) in [4.78, 5) is 11.6. The van der Waals surface area contributed by atoms with E-state index in [4.69, 9.17) is 16.3 Å². The van der Waals surface area contributed by atoms with Gasteiger partial charge in [-0.2, -0.15) is 0 Å². The van der Waals surface area contributed by atoms with E-state index < -0.39 is 0 Å². The lowest BCUT2D eigenvalue weighted by Gasteiger charge is -2.16. The second-order valence-electron chi connectivity index (χ2n) is 4.47. The first kappa shape index (κ1) is 15.0. The van der Waals surface area contributed by atoms with E-state index in [0.29, 0.717) is 5.88 Å². The molecule has 0 aliphatic carbocycles. The van der Waals surface area contributed by atoms with Crippen molar-refractivity contribution in [1.29, 1.82) is 0 Å². The lowest BCUT2D eigenvalue weighted by atomic mass is 10.1. The van der Waals surface area contributed by atoms with Crippen molar-refractivity contribution in [1.82, 2.24) is 5.32 Å². The number of carbonyl (C=O) groups is 1. The molecule has 0 saturated carbocycles. The van der Waals surface area contributed by atoms with Crippen LogP contribution in [-0.4, -0.2) is 30.5 Å². The van der Waals surface area contributed by atoms with E-state index in [1.807, 2.05) is 44.2 Å². The third-order valence-electron chi connectivity index (χ3n) is 2.42. The Balaban J connectivity index is 2.40. The Kier molecular flexibility index (Phi) is 6.76. The number of hydrogen-bond donors (Lipinski definition) is 1. The SMILES string of the molecule is CC(C)OCC(=O)NC(CCl)Cc1ccccc1. The zero-order chi connectivity index (χ0) is 13.4. The minimum absolute atomic E-state index is 0.0549. The number of nitrogens with one attached hydrogen (secondary N) is 1. The summed E-state index contributed by atoms with van der Waals surface area (Å²) in [6.45, 7) is 3.88. The van der Waals surface area contributed by atoms with Gasteiger partial charge in [0.15, 0.2) is 0 Å². The third-order valence-corrected chi connectivity index (χ3v) is 2.80. The fourth-order valence-electron chi connectivity index (χ4n) is 1.55. The standard InChI is InChI=1S/C14H20ClNO2/c1-11(2)18-10-14(17)16-13(9-15)8-12-6-4-3-5-7-12/h3-7,11,13H,8-10H2,1-2H3,(H,16,17). The van der Waals surface area contributed by atoms with Crippen LogP contribution in [-0.2, 0) is 16.0 Å². The van der Waals surface area contributed by atoms with Gasteiger partial charge in [-0.3, -0.25) is 4.79 Å². The van der Waals surface area contributed by atoms with Gasteiger partial charge < -0.3 is 10.1 Å². The van der Waals surface area contributed by atoms with E-state index in [1.54, 1.807) is 0 Å². The van der Waals surface area contributed by atoms with Gasteiger partial charge in [-0.1, -0.05) is 30.3 Å². The molecule has 1 aromatic carbocycles. The van der Waals surface area contributed by atoms with E-state index >= 15 is 0 Å². The number of ether oxygens (including phenoxy) is 1. The number of amides is 1. The van der Waals surface area contributed by atoms with Crippen LogP contribution in [0.5, 0.6) is 0 Å². The molecule has 1 N–H and O–H groups in total. The van der Waals surface area contributed by atoms with Crippen molar-refractivity contribution in [3.8, 4) is 0 Å². The number of carbonyl (C=O) groups excluding carboxylic acids is 1. The Labute approximate surface area is 113 Å². The second-order valence-corrected chi connectivity index (χ2v) is 4.78. The molecule has 0 bridgehead atoms. The maximum atomic E-state index is 11.6. The van der Waals surface area contributed by atoms with Gasteiger partial charge in [0.2, 0.25) is 5.91 Å². The smallest absolute Gasteiger partial charge is 0.246 e. The lowest BCUT2D eigenvalue weighted by Crippen LogP contribution is -2.40. The Morgan fingerprint density at radius 1 is 1.33 bits per heavy atom. The third kappa shape index (κ3) is 6.03. The molecule has 0 fully saturated rings. The number of benzene rings is 1. The summed E-state index contributed by atoms with van der Waals surface area (Å²) >= 11 is 5.87. The molecule has 0 aliphatic rings. The molecule has 1 atom stereocenters. The van der Waals surface area contributed by atoms with Crippen molar-refractivity contribution in [3.63, 3.8) is 0 Å². The zero-order valence-electron chi connectivity index (χ0n) is 10.9. The molecule has 3 nitrogen and oxygen atoms in total. The summed E-state index contributed by atoms with van der Waals surface area (Å²) < 4.78 is 5.24. The average molecular weight is 270 g/mol. The summed E-state index contributed by atoms with van der Waals surface area (Å²) in [5.74, 6) is 0.271. The Bertz CT molecular complexity index is 354. The summed E-state index contributed by atoms with van der Waals surface area (Å²) in [6, 6.07) is 9.91. The van der Waals surface area contributed by atoms with Crippen LogP contribution in [0, 0.1) is 0 Å². The van der Waals surface area contributed by atoms with Crippen molar-refractivity contribution in [2.45, 2.75) is 32.4 Å². The van der Waals surface area contributed by atoms with Crippen molar-refractivity contribution in [3.05, 3.63) is 35.9 Å². The maximum absolute atomic E-state index is 11.6. The molecule has 4 heteroatoms. The molecular formula is C14H20ClNO2. The zero-order valence-corrected chi connectivity index (χ0v) is 11.6. The van der Waals surface area contributed by atoms with Crippen molar-refractivity contribution in [2.75, 3.05) is 12.5 Å². The first-order valence-electron chi connectivity index (χ1n) is 6.12. The first-order chi connectivity index (χ1) is 8.61. The normalized spacial score (nSPS) is 12.4. The van der Waals surface area contributed by atoms with Crippen molar-refractivity contribution in [2.24, 2.45) is 0 Å². The number of alkyl halides is 1. The van der Waals surface area contributed by atoms with Crippen LogP contribution < -0.4 is 5.32 Å². The molecular weight excluding hydrogens is 250 g/mol. The highest BCUT2D eigenvalue weighted by atomic mass is 35.5. The van der Waals surface area contributed by atoms with Crippen LogP contribution in [0.4, 0.5) is 0 Å². The highest BCUT2D eigenvalue weighted by molar-refractivity contribution is 6.18. The molecule has 0 aliphatic heterocycles. The van der Waals surface area contributed by atoms with Gasteiger partial charge in [-0.25, -0.2) is 0 Å². The van der Waals surface area contributed by atoms with Gasteiger partial charge in [-0.15, -0.1) is 11.6 Å². The Morgan fingerprint density at radius 2 is 2.00 bits per heavy atom. The minimum Gasteiger partial charge on any atom is -0.369 e. The molecule has 1 rings (SSSR count). The van der Waals surface area contributed by atoms with Crippen LogP contribution in [0.25, 0.3) is 0 Å². The minimum atomic E-state index is -0.120. The topological polar surface area (TPSA) is 38.3 Å². The van der Waals surface area contributed by atoms with E-state index in [-0.39, 0.29) is 24.7 Å². The molecule has 18 heavy (non-hydrogen) atoms. The van der Waals surface area contributed by atoms with Crippen LogP contribution in [0.3, 0.4) is 0 Å². The van der Waals surface area contributed by atoms with Gasteiger partial charge in [0.05, 0.1) is 6.10 Å². The quantitative estimate of drug-likeness (QED) is 0.772. The summed E-state index contributed by atoms with van der Waals surface area (Å²) in [5, 5.41) is 2.87. The van der Waals surface area contributed by atoms with Gasteiger partial charge in [-0.05, 0) is 25.8 Å². The summed E-state index contributed by atoms with van der Waals surface area (Å²) in [5.41, 5.74) is 1.16. The molecule has 1 aromatic rings. The Hall–Kier alpha value is -1.06. The van der Waals surface area contributed by atoms with Gasteiger partial charge in [0.1, 0.15) is 6.61 Å². The molecule has 1 amide bonds. The lowest BCUT2D eigenvalue weighted by molar-refractivity contribution is -0.127. The van der Waals surface area contributed by atoms with Gasteiger partial charge >= 0.3 is 0 Å². The molecule has 1 unspecified atom stereocenters. The predicted molar refractivity (Wildman–Crippen MR) is 73.9 cm³/mol. The first-order valence-corrected chi connectivity index (χ1v) is 6.66. The molecule has 100 valence electrons. The molecule has 0 saturated heterocycles. The fourth-order valence-corrected chi connectivity index (χ4v) is 1.74. The molecule has 0 aromatic heterocycles. The number of hydrogen-bond acceptors (Lipinski definition) is 2. The average Bonchev–Trinajstić information content (AvgIpc) is 2.37. The number of halogens is 1. The largest absolute Gasteiger partial charge is 0.369 e. The van der Waals surface area contributed by atoms with E-state index in [0.717, 1.165) is 12.0 Å². The van der Waals surface area contributed by atoms with Crippen molar-refractivity contribution < 1.29 is 9.53 Å². The van der Waals surface area contributed by atoms with E-state index in [2.05, 4.69) is 5.32 Å².